The number of anilines is 1. The Hall–Kier alpha value is -3.71. The number of thiocarbonyl (C=S) groups is 1. The molecule has 1 amide bonds. The fourth-order valence-corrected chi connectivity index (χ4v) is 3.89. The van der Waals surface area contributed by atoms with Gasteiger partial charge in [0.25, 0.3) is 5.91 Å². The molecule has 0 saturated heterocycles. The van der Waals surface area contributed by atoms with Crippen molar-refractivity contribution in [3.63, 3.8) is 0 Å². The van der Waals surface area contributed by atoms with Crippen molar-refractivity contribution >= 4 is 40.0 Å². The van der Waals surface area contributed by atoms with Gasteiger partial charge in [-0.25, -0.2) is 4.98 Å². The highest BCUT2D eigenvalue weighted by Crippen LogP contribution is 2.29. The van der Waals surface area contributed by atoms with Gasteiger partial charge in [0.1, 0.15) is 11.3 Å². The van der Waals surface area contributed by atoms with Gasteiger partial charge in [0, 0.05) is 16.8 Å². The fraction of sp³-hybridized carbons (Fsp3) is 0.276. The van der Waals surface area contributed by atoms with E-state index < -0.39 is 0 Å². The average molecular weight is 502 g/mol. The van der Waals surface area contributed by atoms with Crippen LogP contribution in [0.5, 0.6) is 5.75 Å². The van der Waals surface area contributed by atoms with Crippen molar-refractivity contribution in [2.75, 3.05) is 5.32 Å². The maximum absolute atomic E-state index is 12.6. The first kappa shape index (κ1) is 25.4. The van der Waals surface area contributed by atoms with Crippen LogP contribution >= 0.6 is 12.2 Å². The van der Waals surface area contributed by atoms with Crippen LogP contribution in [0, 0.1) is 0 Å². The topological polar surface area (TPSA) is 76.4 Å². The molecule has 4 rings (SSSR count). The summed E-state index contributed by atoms with van der Waals surface area (Å²) in [7, 11) is 0. The number of carbonyl (C=O) groups is 1. The van der Waals surface area contributed by atoms with Crippen LogP contribution in [0.2, 0.25) is 0 Å². The van der Waals surface area contributed by atoms with Gasteiger partial charge < -0.3 is 14.5 Å². The molecular formula is C29H31N3O3S. The van der Waals surface area contributed by atoms with Gasteiger partial charge in [-0.1, -0.05) is 32.9 Å². The van der Waals surface area contributed by atoms with E-state index in [9.17, 15) is 4.79 Å². The van der Waals surface area contributed by atoms with Gasteiger partial charge in [0.05, 0.1) is 6.10 Å². The van der Waals surface area contributed by atoms with Crippen LogP contribution in [0.3, 0.4) is 0 Å². The van der Waals surface area contributed by atoms with Crippen LogP contribution < -0.4 is 15.4 Å². The molecule has 1 aromatic heterocycles. The lowest BCUT2D eigenvalue weighted by atomic mass is 9.98. The minimum atomic E-state index is -0.296. The fourth-order valence-electron chi connectivity index (χ4n) is 3.68. The molecule has 0 unspecified atom stereocenters. The van der Waals surface area contributed by atoms with Crippen molar-refractivity contribution in [1.82, 2.24) is 10.3 Å². The largest absolute Gasteiger partial charge is 0.491 e. The number of amides is 1. The zero-order valence-electron chi connectivity index (χ0n) is 21.0. The van der Waals surface area contributed by atoms with E-state index in [-0.39, 0.29) is 17.1 Å². The first-order valence-electron chi connectivity index (χ1n) is 12.3. The van der Waals surface area contributed by atoms with Crippen molar-refractivity contribution in [3.05, 3.63) is 77.9 Å². The molecule has 0 aliphatic heterocycles. The molecule has 1 heterocycles. The summed E-state index contributed by atoms with van der Waals surface area (Å²) in [4.78, 5) is 17.3. The highest BCUT2D eigenvalue weighted by atomic mass is 32.1. The Kier molecular flexibility index (Phi) is 8.00. The highest BCUT2D eigenvalue weighted by molar-refractivity contribution is 7.80. The third kappa shape index (κ3) is 6.10. The SMILES string of the molecule is CC[C@@H](C)Oc1ccc(C(=O)NC(=S)Nc2cccc(-c3nc4cc([C@@H](C)CC)ccc4o3)c2)cc1. The molecule has 0 saturated carbocycles. The Balaban J connectivity index is 1.41. The third-order valence-corrected chi connectivity index (χ3v) is 6.42. The molecule has 186 valence electrons. The Bertz CT molecular complexity index is 1360. The van der Waals surface area contributed by atoms with Crippen molar-refractivity contribution < 1.29 is 13.9 Å². The van der Waals surface area contributed by atoms with Crippen molar-refractivity contribution in [3.8, 4) is 17.2 Å². The van der Waals surface area contributed by atoms with Gasteiger partial charge in [-0.15, -0.1) is 0 Å². The van der Waals surface area contributed by atoms with Gasteiger partial charge in [-0.2, -0.15) is 0 Å². The number of ether oxygens (including phenoxy) is 1. The quantitative estimate of drug-likeness (QED) is 0.247. The van der Waals surface area contributed by atoms with Crippen LogP contribution in [0.1, 0.15) is 62.4 Å². The first-order valence-corrected chi connectivity index (χ1v) is 12.7. The third-order valence-electron chi connectivity index (χ3n) is 6.22. The van der Waals surface area contributed by atoms with Crippen LogP contribution in [0.4, 0.5) is 5.69 Å². The lowest BCUT2D eigenvalue weighted by molar-refractivity contribution is 0.0977. The summed E-state index contributed by atoms with van der Waals surface area (Å²) >= 11 is 5.37. The van der Waals surface area contributed by atoms with E-state index in [2.05, 4.69) is 43.5 Å². The molecule has 7 heteroatoms. The molecule has 0 fully saturated rings. The van der Waals surface area contributed by atoms with E-state index in [0.717, 1.165) is 40.9 Å². The number of nitrogens with one attached hydrogen (secondary N) is 2. The van der Waals surface area contributed by atoms with E-state index in [1.807, 2.05) is 37.3 Å². The summed E-state index contributed by atoms with van der Waals surface area (Å²) in [5.41, 5.74) is 4.86. The van der Waals surface area contributed by atoms with Crippen molar-refractivity contribution in [1.29, 1.82) is 0 Å². The number of aromatic nitrogens is 1. The number of fused-ring (bicyclic) bond motifs is 1. The van der Waals surface area contributed by atoms with Crippen LogP contribution in [-0.4, -0.2) is 22.1 Å². The van der Waals surface area contributed by atoms with E-state index >= 15 is 0 Å². The Morgan fingerprint density at radius 2 is 1.81 bits per heavy atom. The minimum absolute atomic E-state index is 0.120. The maximum Gasteiger partial charge on any atom is 0.257 e. The Morgan fingerprint density at radius 3 is 2.53 bits per heavy atom. The first-order chi connectivity index (χ1) is 17.4. The number of benzene rings is 3. The lowest BCUT2D eigenvalue weighted by Crippen LogP contribution is -2.34. The summed E-state index contributed by atoms with van der Waals surface area (Å²) in [6.07, 6.45) is 2.10. The molecule has 4 aromatic rings. The zero-order chi connectivity index (χ0) is 25.7. The van der Waals surface area contributed by atoms with Gasteiger partial charge in [0.2, 0.25) is 5.89 Å². The zero-order valence-corrected chi connectivity index (χ0v) is 21.8. The normalized spacial score (nSPS) is 12.7. The van der Waals surface area contributed by atoms with Gasteiger partial charge >= 0.3 is 0 Å². The molecule has 3 aromatic carbocycles. The van der Waals surface area contributed by atoms with E-state index in [4.69, 9.17) is 26.4 Å². The van der Waals surface area contributed by atoms with E-state index in [1.165, 1.54) is 5.56 Å². The number of hydrogen-bond acceptors (Lipinski definition) is 5. The van der Waals surface area contributed by atoms with Gasteiger partial charge in [0.15, 0.2) is 10.7 Å². The highest BCUT2D eigenvalue weighted by Gasteiger charge is 2.13. The monoisotopic (exact) mass is 501 g/mol. The van der Waals surface area contributed by atoms with Crippen LogP contribution in [0.25, 0.3) is 22.6 Å². The molecule has 36 heavy (non-hydrogen) atoms. The second kappa shape index (κ2) is 11.4. The molecular weight excluding hydrogens is 470 g/mol. The van der Waals surface area contributed by atoms with E-state index in [1.54, 1.807) is 24.3 Å². The lowest BCUT2D eigenvalue weighted by Gasteiger charge is -2.13. The van der Waals surface area contributed by atoms with E-state index in [0.29, 0.717) is 17.4 Å². The molecule has 2 N–H and O–H groups in total. The van der Waals surface area contributed by atoms with Crippen LogP contribution in [-0.2, 0) is 0 Å². The summed E-state index contributed by atoms with van der Waals surface area (Å²) in [6.45, 7) is 8.45. The van der Waals surface area contributed by atoms with Crippen LogP contribution in [0.15, 0.2) is 71.1 Å². The molecule has 0 bridgehead atoms. The smallest absolute Gasteiger partial charge is 0.257 e. The second-order valence-electron chi connectivity index (χ2n) is 8.91. The number of rotatable bonds is 8. The summed E-state index contributed by atoms with van der Waals surface area (Å²) in [6, 6.07) is 20.7. The van der Waals surface area contributed by atoms with Gasteiger partial charge in [-0.05, 0) is 98.1 Å². The average Bonchev–Trinajstić information content (AvgIpc) is 3.32. The summed E-state index contributed by atoms with van der Waals surface area (Å²) in [5, 5.41) is 5.99. The maximum atomic E-state index is 12.6. The molecule has 2 atom stereocenters. The number of carbonyl (C=O) groups excluding carboxylic acids is 1. The predicted octanol–water partition coefficient (Wildman–Crippen LogP) is 7.31. The molecule has 0 aliphatic carbocycles. The second-order valence-corrected chi connectivity index (χ2v) is 9.31. The van der Waals surface area contributed by atoms with Crippen molar-refractivity contribution in [2.24, 2.45) is 0 Å². The standard InChI is InChI=1S/C29H31N3O3S/c1-5-18(3)21-12-15-26-25(17-21)31-28(35-26)22-8-7-9-23(16-22)30-29(36)32-27(33)20-10-13-24(14-11-20)34-19(4)6-2/h7-19H,5-6H2,1-4H3,(H2,30,32,33,36)/t18-,19+/m0/s1. The number of oxazole rings is 1. The number of hydrogen-bond donors (Lipinski definition) is 2. The Labute approximate surface area is 217 Å². The molecule has 0 radical (unpaired) electrons. The van der Waals surface area contributed by atoms with Crippen molar-refractivity contribution in [2.45, 2.75) is 52.6 Å². The molecule has 0 aliphatic rings. The summed E-state index contributed by atoms with van der Waals surface area (Å²) in [5.74, 6) is 1.43. The number of nitrogens with zero attached hydrogens (tertiary/aromatic N) is 1. The predicted molar refractivity (Wildman–Crippen MR) is 149 cm³/mol. The Morgan fingerprint density at radius 1 is 1.03 bits per heavy atom. The molecule has 0 spiro atoms. The summed E-state index contributed by atoms with van der Waals surface area (Å²) < 4.78 is 11.8. The van der Waals surface area contributed by atoms with Gasteiger partial charge in [-0.3, -0.25) is 10.1 Å². The molecule has 6 nitrogen and oxygen atoms in total. The minimum Gasteiger partial charge on any atom is -0.491 e.